The molecule has 0 radical (unpaired) electrons. The number of ether oxygens (including phenoxy) is 2. The van der Waals surface area contributed by atoms with Crippen LogP contribution in [0, 0.1) is 5.41 Å². The third-order valence-corrected chi connectivity index (χ3v) is 6.43. The maximum atomic E-state index is 12.8. The molecule has 3 saturated carbocycles. The number of nitrogens with one attached hydrogen (secondary N) is 1. The number of fused-ring (bicyclic) bond motifs is 3. The van der Waals surface area contributed by atoms with Gasteiger partial charge in [-0.3, -0.25) is 9.63 Å². The Bertz CT molecular complexity index is 587. The molecule has 5 rings (SSSR count). The molecule has 0 aromatic heterocycles. The van der Waals surface area contributed by atoms with Gasteiger partial charge in [0, 0.05) is 12.0 Å². The van der Waals surface area contributed by atoms with E-state index in [-0.39, 0.29) is 23.2 Å². The van der Waals surface area contributed by atoms with E-state index in [9.17, 15) is 4.79 Å². The van der Waals surface area contributed by atoms with Gasteiger partial charge in [0.05, 0.1) is 18.6 Å². The second kappa shape index (κ2) is 7.67. The zero-order chi connectivity index (χ0) is 17.9. The van der Waals surface area contributed by atoms with Gasteiger partial charge in [0.2, 0.25) is 6.29 Å². The molecule has 3 aliphatic carbocycles. The average Bonchev–Trinajstić information content (AvgIpc) is 2.71. The van der Waals surface area contributed by atoms with Crippen molar-refractivity contribution in [2.45, 2.75) is 76.2 Å². The topological polar surface area (TPSA) is 56.8 Å². The molecule has 26 heavy (non-hydrogen) atoms. The molecule has 1 aromatic rings. The molecule has 1 aromatic carbocycles. The molecule has 2 bridgehead atoms. The van der Waals surface area contributed by atoms with E-state index in [4.69, 9.17) is 14.3 Å². The Labute approximate surface area is 155 Å². The molecule has 4 fully saturated rings. The Balaban J connectivity index is 1.27. The van der Waals surface area contributed by atoms with E-state index in [0.717, 1.165) is 63.4 Å². The van der Waals surface area contributed by atoms with Crippen molar-refractivity contribution >= 4 is 5.97 Å². The molecule has 1 aliphatic heterocycles. The quantitative estimate of drug-likeness (QED) is 0.617. The van der Waals surface area contributed by atoms with E-state index in [1.54, 1.807) is 0 Å². The minimum absolute atomic E-state index is 0.0121. The second-order valence-corrected chi connectivity index (χ2v) is 8.14. The summed E-state index contributed by atoms with van der Waals surface area (Å²) in [6.07, 6.45) is 8.16. The van der Waals surface area contributed by atoms with Gasteiger partial charge in [-0.15, -0.1) is 0 Å². The van der Waals surface area contributed by atoms with Crippen molar-refractivity contribution in [2.75, 3.05) is 6.61 Å². The zero-order valence-corrected chi connectivity index (χ0v) is 15.4. The van der Waals surface area contributed by atoms with Crippen LogP contribution in [0.3, 0.4) is 0 Å². The molecule has 1 unspecified atom stereocenters. The summed E-state index contributed by atoms with van der Waals surface area (Å²) < 4.78 is 11.3. The number of benzene rings is 1. The van der Waals surface area contributed by atoms with Crippen LogP contribution in [-0.4, -0.2) is 24.4 Å². The molecule has 1 N–H and O–H groups in total. The fourth-order valence-electron chi connectivity index (χ4n) is 4.54. The maximum absolute atomic E-state index is 12.8. The number of hydroxylamine groups is 1. The highest BCUT2D eigenvalue weighted by Gasteiger charge is 2.54. The van der Waals surface area contributed by atoms with Gasteiger partial charge in [0.1, 0.15) is 0 Å². The molecule has 1 saturated heterocycles. The number of carbonyl (C=O) groups excluding carboxylic acids is 1. The molecular formula is C21H29NO4. The molecular weight excluding hydrogens is 330 g/mol. The van der Waals surface area contributed by atoms with E-state index >= 15 is 0 Å². The highest BCUT2D eigenvalue weighted by atomic mass is 16.7. The second-order valence-electron chi connectivity index (χ2n) is 8.14. The van der Waals surface area contributed by atoms with Gasteiger partial charge in [-0.1, -0.05) is 30.3 Å². The van der Waals surface area contributed by atoms with Crippen LogP contribution in [0.4, 0.5) is 0 Å². The predicted molar refractivity (Wildman–Crippen MR) is 96.9 cm³/mol. The normalized spacial score (nSPS) is 33.8. The summed E-state index contributed by atoms with van der Waals surface area (Å²) in [4.78, 5) is 18.6. The van der Waals surface area contributed by atoms with Crippen LogP contribution in [0.2, 0.25) is 0 Å². The van der Waals surface area contributed by atoms with Crippen molar-refractivity contribution in [3.8, 4) is 0 Å². The lowest BCUT2D eigenvalue weighted by molar-refractivity contribution is -0.205. The molecule has 0 spiro atoms. The highest BCUT2D eigenvalue weighted by Crippen LogP contribution is 2.53. The molecule has 1 atom stereocenters. The monoisotopic (exact) mass is 359 g/mol. The molecule has 0 amide bonds. The third kappa shape index (κ3) is 3.80. The summed E-state index contributed by atoms with van der Waals surface area (Å²) in [6, 6.07) is 10.2. The van der Waals surface area contributed by atoms with Crippen LogP contribution in [-0.2, 0) is 25.7 Å². The number of esters is 1. The van der Waals surface area contributed by atoms with E-state index in [1.165, 1.54) is 0 Å². The van der Waals surface area contributed by atoms with Crippen LogP contribution >= 0.6 is 0 Å². The van der Waals surface area contributed by atoms with Crippen molar-refractivity contribution in [1.29, 1.82) is 0 Å². The minimum Gasteiger partial charge on any atom is -0.435 e. The summed E-state index contributed by atoms with van der Waals surface area (Å²) in [5.41, 5.74) is 4.20. The Morgan fingerprint density at radius 3 is 2.46 bits per heavy atom. The first kappa shape index (κ1) is 18.0. The summed E-state index contributed by atoms with van der Waals surface area (Å²) in [5.74, 6) is -0.0390. The van der Waals surface area contributed by atoms with Gasteiger partial charge in [-0.25, -0.2) is 0 Å². The number of carbonyl (C=O) groups is 1. The highest BCUT2D eigenvalue weighted by molar-refractivity contribution is 5.77. The summed E-state index contributed by atoms with van der Waals surface area (Å²) >= 11 is 0. The maximum Gasteiger partial charge on any atom is 0.314 e. The van der Waals surface area contributed by atoms with E-state index < -0.39 is 0 Å². The fourth-order valence-corrected chi connectivity index (χ4v) is 4.54. The zero-order valence-electron chi connectivity index (χ0n) is 15.4. The lowest BCUT2D eigenvalue weighted by Gasteiger charge is -2.51. The first-order valence-electron chi connectivity index (χ1n) is 9.95. The molecule has 142 valence electrons. The third-order valence-electron chi connectivity index (χ3n) is 6.43. The fraction of sp³-hybridized carbons (Fsp3) is 0.667. The smallest absolute Gasteiger partial charge is 0.314 e. The van der Waals surface area contributed by atoms with Crippen molar-refractivity contribution < 1.29 is 19.1 Å². The van der Waals surface area contributed by atoms with Gasteiger partial charge in [-0.05, 0) is 56.9 Å². The predicted octanol–water partition coefficient (Wildman–Crippen LogP) is 3.87. The molecule has 1 heterocycles. The lowest BCUT2D eigenvalue weighted by Crippen LogP contribution is -2.57. The first-order valence-corrected chi connectivity index (χ1v) is 9.95. The Morgan fingerprint density at radius 1 is 1.08 bits per heavy atom. The molecule has 5 nitrogen and oxygen atoms in total. The van der Waals surface area contributed by atoms with Gasteiger partial charge in [-0.2, -0.15) is 5.48 Å². The van der Waals surface area contributed by atoms with Crippen molar-refractivity contribution in [3.63, 3.8) is 0 Å². The Hall–Kier alpha value is -1.43. The SMILES string of the molecule is O=C(OC1CCCCO1)C12CCC(NOCc3ccccc3)(CC1)CC2. The van der Waals surface area contributed by atoms with Crippen LogP contribution in [0.15, 0.2) is 30.3 Å². The first-order chi connectivity index (χ1) is 12.7. The van der Waals surface area contributed by atoms with E-state index in [1.807, 2.05) is 18.2 Å². The van der Waals surface area contributed by atoms with Gasteiger partial charge >= 0.3 is 5.97 Å². The average molecular weight is 359 g/mol. The molecule has 5 heteroatoms. The number of hydrogen-bond acceptors (Lipinski definition) is 5. The lowest BCUT2D eigenvalue weighted by atomic mass is 9.57. The van der Waals surface area contributed by atoms with Crippen LogP contribution < -0.4 is 5.48 Å². The minimum atomic E-state index is -0.327. The standard InChI is InChI=1S/C21H29NO4/c23-19(26-18-8-4-5-15-24-18)20-9-12-21(13-10-20,14-11-20)22-25-16-17-6-2-1-3-7-17/h1-3,6-7,18,22H,4-5,8-16H2. The van der Waals surface area contributed by atoms with Crippen molar-refractivity contribution in [2.24, 2.45) is 5.41 Å². The Kier molecular flexibility index (Phi) is 5.30. The number of rotatable bonds is 6. The van der Waals surface area contributed by atoms with E-state index in [0.29, 0.717) is 13.2 Å². The van der Waals surface area contributed by atoms with Crippen LogP contribution in [0.5, 0.6) is 0 Å². The summed E-state index contributed by atoms with van der Waals surface area (Å²) in [7, 11) is 0. The molecule has 4 aliphatic rings. The van der Waals surface area contributed by atoms with Crippen LogP contribution in [0.25, 0.3) is 0 Å². The van der Waals surface area contributed by atoms with Crippen molar-refractivity contribution in [1.82, 2.24) is 5.48 Å². The Morgan fingerprint density at radius 2 is 1.81 bits per heavy atom. The number of hydrogen-bond donors (Lipinski definition) is 1. The summed E-state index contributed by atoms with van der Waals surface area (Å²) in [5, 5.41) is 0. The summed E-state index contributed by atoms with van der Waals surface area (Å²) in [6.45, 7) is 1.27. The largest absolute Gasteiger partial charge is 0.435 e. The van der Waals surface area contributed by atoms with Gasteiger partial charge in [0.25, 0.3) is 0 Å². The van der Waals surface area contributed by atoms with Gasteiger partial charge < -0.3 is 9.47 Å². The van der Waals surface area contributed by atoms with Crippen LogP contribution in [0.1, 0.15) is 63.4 Å². The van der Waals surface area contributed by atoms with Crippen molar-refractivity contribution in [3.05, 3.63) is 35.9 Å². The van der Waals surface area contributed by atoms with E-state index in [2.05, 4.69) is 17.6 Å². The van der Waals surface area contributed by atoms with Gasteiger partial charge in [0.15, 0.2) is 0 Å².